The quantitative estimate of drug-likeness (QED) is 0.180. The van der Waals surface area contributed by atoms with Crippen LogP contribution in [-0.4, -0.2) is 42.6 Å². The molecule has 0 aliphatic heterocycles. The summed E-state index contributed by atoms with van der Waals surface area (Å²) in [5.41, 5.74) is 2.57. The van der Waals surface area contributed by atoms with Gasteiger partial charge in [-0.3, -0.25) is 4.79 Å². The molecule has 5 rings (SSSR count). The number of hydrogen-bond acceptors (Lipinski definition) is 8. The van der Waals surface area contributed by atoms with Crippen LogP contribution in [0.5, 0.6) is 5.88 Å². The van der Waals surface area contributed by atoms with Gasteiger partial charge in [0.1, 0.15) is 17.6 Å². The minimum atomic E-state index is -3.57. The average molecular weight is 724 g/mol. The molecule has 1 aliphatic carbocycles. The molecule has 0 radical (unpaired) electrons. The van der Waals surface area contributed by atoms with E-state index in [-0.39, 0.29) is 72.2 Å². The van der Waals surface area contributed by atoms with Gasteiger partial charge >= 0.3 is 5.97 Å². The number of nitrogens with zero attached hydrogens (tertiary/aromatic N) is 2. The zero-order valence-electron chi connectivity index (χ0n) is 26.1. The molecule has 1 N–H and O–H groups in total. The Hall–Kier alpha value is -3.41. The SMILES string of the molecule is C.C.C.C.C.CC(C)C(=O)OC1CCCC1.CC(C)NS(=O)(=O)c1cccc(F)c1.CC(C)Oc1nc2ccccc2nc1-c1cccs1. The highest BCUT2D eigenvalue weighted by molar-refractivity contribution is 7.89. The topological polar surface area (TPSA) is 107 Å². The van der Waals surface area contributed by atoms with Crippen LogP contribution in [-0.2, 0) is 19.6 Å². The summed E-state index contributed by atoms with van der Waals surface area (Å²) in [6, 6.07) is 16.6. The molecule has 0 saturated heterocycles. The minimum absolute atomic E-state index is 0. The summed E-state index contributed by atoms with van der Waals surface area (Å²) in [5.74, 6) is 0.0280. The van der Waals surface area contributed by atoms with Gasteiger partial charge in [0, 0.05) is 6.04 Å². The minimum Gasteiger partial charge on any atom is -0.473 e. The van der Waals surface area contributed by atoms with Gasteiger partial charge in [0.05, 0.1) is 32.8 Å². The molecule has 1 fully saturated rings. The number of carbonyl (C=O) groups is 1. The Balaban J connectivity index is -0.000000639. The fraction of sp³-hybridized carbons (Fsp3) is 0.500. The number of thiophene rings is 1. The van der Waals surface area contributed by atoms with Crippen molar-refractivity contribution in [2.45, 2.75) is 128 Å². The lowest BCUT2D eigenvalue weighted by molar-refractivity contribution is -0.152. The van der Waals surface area contributed by atoms with Gasteiger partial charge in [0.2, 0.25) is 15.9 Å². The Bertz CT molecular complexity index is 1590. The number of para-hydroxylation sites is 2. The maximum atomic E-state index is 12.7. The molecular formula is C38H62FN3O5S2. The molecular weight excluding hydrogens is 662 g/mol. The third kappa shape index (κ3) is 16.2. The average Bonchev–Trinajstić information content (AvgIpc) is 3.67. The van der Waals surface area contributed by atoms with Crippen molar-refractivity contribution in [3.8, 4) is 16.5 Å². The fourth-order valence-electron chi connectivity index (χ4n) is 4.18. The lowest BCUT2D eigenvalue weighted by atomic mass is 10.2. The molecule has 1 saturated carbocycles. The number of nitrogens with one attached hydrogen (secondary N) is 1. The lowest BCUT2D eigenvalue weighted by Gasteiger charge is -2.12. The molecule has 0 spiro atoms. The molecule has 0 atom stereocenters. The van der Waals surface area contributed by atoms with E-state index in [1.54, 1.807) is 25.2 Å². The summed E-state index contributed by atoms with van der Waals surface area (Å²) < 4.78 is 49.2. The van der Waals surface area contributed by atoms with Crippen molar-refractivity contribution in [1.82, 2.24) is 14.7 Å². The molecule has 4 aromatic rings. The highest BCUT2D eigenvalue weighted by Gasteiger charge is 2.20. The van der Waals surface area contributed by atoms with Crippen LogP contribution < -0.4 is 9.46 Å². The zero-order chi connectivity index (χ0) is 32.3. The number of ether oxygens (including phenoxy) is 2. The van der Waals surface area contributed by atoms with Gasteiger partial charge < -0.3 is 9.47 Å². The maximum Gasteiger partial charge on any atom is 0.308 e. The number of benzene rings is 2. The van der Waals surface area contributed by atoms with Crippen LogP contribution >= 0.6 is 11.3 Å². The summed E-state index contributed by atoms with van der Waals surface area (Å²) >= 11 is 1.64. The monoisotopic (exact) mass is 723 g/mol. The van der Waals surface area contributed by atoms with Crippen LogP contribution in [0.25, 0.3) is 21.6 Å². The number of sulfonamides is 1. The predicted octanol–water partition coefficient (Wildman–Crippen LogP) is 11.0. The van der Waals surface area contributed by atoms with Gasteiger partial charge in [-0.1, -0.05) is 75.2 Å². The number of rotatable bonds is 8. The van der Waals surface area contributed by atoms with Crippen LogP contribution in [0.3, 0.4) is 0 Å². The van der Waals surface area contributed by atoms with Crippen LogP contribution in [0.4, 0.5) is 4.39 Å². The first-order chi connectivity index (χ1) is 20.9. The molecule has 0 amide bonds. The van der Waals surface area contributed by atoms with Crippen LogP contribution in [0.1, 0.15) is 104 Å². The van der Waals surface area contributed by atoms with E-state index in [9.17, 15) is 17.6 Å². The highest BCUT2D eigenvalue weighted by Crippen LogP contribution is 2.32. The summed E-state index contributed by atoms with van der Waals surface area (Å²) in [7, 11) is -3.57. The van der Waals surface area contributed by atoms with Crippen molar-refractivity contribution in [2.75, 3.05) is 0 Å². The maximum absolute atomic E-state index is 12.7. The molecule has 49 heavy (non-hydrogen) atoms. The van der Waals surface area contributed by atoms with Crippen molar-refractivity contribution in [3.63, 3.8) is 0 Å². The van der Waals surface area contributed by atoms with Gasteiger partial charge in [0.15, 0.2) is 0 Å². The normalized spacial score (nSPS) is 12.0. The summed E-state index contributed by atoms with van der Waals surface area (Å²) in [6.07, 6.45) is 4.88. The summed E-state index contributed by atoms with van der Waals surface area (Å²) in [5, 5.41) is 2.03. The van der Waals surface area contributed by atoms with Crippen LogP contribution in [0, 0.1) is 11.7 Å². The van der Waals surface area contributed by atoms with Crippen molar-refractivity contribution < 1.29 is 27.1 Å². The van der Waals surface area contributed by atoms with Crippen LogP contribution in [0.15, 0.2) is 70.9 Å². The number of carbonyl (C=O) groups excluding carboxylic acids is 1. The van der Waals surface area contributed by atoms with E-state index < -0.39 is 15.8 Å². The molecule has 0 unspecified atom stereocenters. The molecule has 1 aliphatic rings. The number of aromatic nitrogens is 2. The largest absolute Gasteiger partial charge is 0.473 e. The first-order valence-corrected chi connectivity index (χ1v) is 17.2. The first-order valence-electron chi connectivity index (χ1n) is 14.8. The second-order valence-corrected chi connectivity index (χ2v) is 13.9. The summed E-state index contributed by atoms with van der Waals surface area (Å²) in [6.45, 7) is 11.1. The van der Waals surface area contributed by atoms with Gasteiger partial charge in [-0.25, -0.2) is 27.5 Å². The number of fused-ring (bicyclic) bond motifs is 1. The van der Waals surface area contributed by atoms with Gasteiger partial charge in [0.25, 0.3) is 0 Å². The second kappa shape index (κ2) is 23.9. The first kappa shape index (κ1) is 50.0. The molecule has 11 heteroatoms. The number of esters is 1. The fourth-order valence-corrected chi connectivity index (χ4v) is 6.17. The predicted molar refractivity (Wildman–Crippen MR) is 207 cm³/mol. The third-order valence-corrected chi connectivity index (χ3v) is 8.73. The Morgan fingerprint density at radius 1 is 0.857 bits per heavy atom. The molecule has 278 valence electrons. The molecule has 0 bridgehead atoms. The Morgan fingerprint density at radius 2 is 1.45 bits per heavy atom. The van der Waals surface area contributed by atoms with E-state index >= 15 is 0 Å². The van der Waals surface area contributed by atoms with E-state index in [0.29, 0.717) is 5.88 Å². The van der Waals surface area contributed by atoms with E-state index in [4.69, 9.17) is 14.5 Å². The van der Waals surface area contributed by atoms with E-state index in [2.05, 4.69) is 9.71 Å². The molecule has 8 nitrogen and oxygen atoms in total. The van der Waals surface area contributed by atoms with E-state index in [1.807, 2.05) is 69.5 Å². The Morgan fingerprint density at radius 3 is 1.94 bits per heavy atom. The summed E-state index contributed by atoms with van der Waals surface area (Å²) in [4.78, 5) is 21.4. The smallest absolute Gasteiger partial charge is 0.308 e. The van der Waals surface area contributed by atoms with E-state index in [0.717, 1.165) is 40.5 Å². The second-order valence-electron chi connectivity index (χ2n) is 11.2. The van der Waals surface area contributed by atoms with Crippen molar-refractivity contribution >= 4 is 38.4 Å². The lowest BCUT2D eigenvalue weighted by Crippen LogP contribution is -2.30. The molecule has 2 aromatic carbocycles. The van der Waals surface area contributed by atoms with Crippen molar-refractivity contribution in [1.29, 1.82) is 0 Å². The van der Waals surface area contributed by atoms with Crippen molar-refractivity contribution in [2.24, 2.45) is 5.92 Å². The molecule has 2 heterocycles. The van der Waals surface area contributed by atoms with E-state index in [1.165, 1.54) is 31.0 Å². The van der Waals surface area contributed by atoms with Gasteiger partial charge in [-0.2, -0.15) is 0 Å². The van der Waals surface area contributed by atoms with Crippen LogP contribution in [0.2, 0.25) is 0 Å². The standard InChI is InChI=1S/C15H14N2OS.C9H12FNO2S.C9H16O2.5CH4/c1-10(2)18-15-14(13-8-5-9-19-13)16-11-6-3-4-7-12(11)17-15;1-7(2)11-14(12,13)9-5-3-4-8(10)6-9;1-7(2)9(10)11-8-5-3-4-6-8;;;;;/h3-10H,1-2H3;3-7,11H,1-2H3;7-8H,3-6H2,1-2H3;5*1H4. The third-order valence-electron chi connectivity index (χ3n) is 6.19. The zero-order valence-corrected chi connectivity index (χ0v) is 27.8. The highest BCUT2D eigenvalue weighted by atomic mass is 32.2. The Kier molecular flexibility index (Phi) is 24.3. The van der Waals surface area contributed by atoms with Crippen molar-refractivity contribution in [3.05, 3.63) is 71.9 Å². The Labute approximate surface area is 301 Å². The van der Waals surface area contributed by atoms with Gasteiger partial charge in [-0.15, -0.1) is 11.3 Å². The number of halogens is 1. The molecule has 2 aromatic heterocycles. The van der Waals surface area contributed by atoms with Gasteiger partial charge in [-0.05, 0) is 95.2 Å². The number of hydrogen-bond donors (Lipinski definition) is 1.